The Bertz CT molecular complexity index is 1330. The van der Waals surface area contributed by atoms with Crippen LogP contribution in [-0.2, 0) is 11.2 Å². The smallest absolute Gasteiger partial charge is 0.228 e. The van der Waals surface area contributed by atoms with E-state index in [9.17, 15) is 9.18 Å². The van der Waals surface area contributed by atoms with Gasteiger partial charge in [0.1, 0.15) is 17.7 Å². The highest BCUT2D eigenvalue weighted by Gasteiger charge is 2.35. The normalized spacial score (nSPS) is 16.6. The lowest BCUT2D eigenvalue weighted by Gasteiger charge is -2.16. The van der Waals surface area contributed by atoms with Gasteiger partial charge in [-0.2, -0.15) is 0 Å². The Balaban J connectivity index is 1.55. The quantitative estimate of drug-likeness (QED) is 0.359. The fraction of sp³-hybridized carbons (Fsp3) is 0.167. The van der Waals surface area contributed by atoms with Crippen LogP contribution in [0.3, 0.4) is 0 Å². The topological polar surface area (TPSA) is 38.3 Å². The standard InChI is InChI=1S/C30H26FNO2/c1-19-11-13-21(14-12-19)15-28(33)32-27-18-24(23-9-6-10-25(31)16-23)17-26-29(20(2)34-30(26)27)22-7-4-3-5-8-22/h3-14,16-18,20,29H,15H2,1-2H3,(H,32,33)/t20-,29+/m1/s1. The molecule has 0 bridgehead atoms. The summed E-state index contributed by atoms with van der Waals surface area (Å²) in [4.78, 5) is 13.0. The third-order valence-electron chi connectivity index (χ3n) is 6.30. The summed E-state index contributed by atoms with van der Waals surface area (Å²) < 4.78 is 20.3. The molecular formula is C30H26FNO2. The largest absolute Gasteiger partial charge is 0.487 e. The average Bonchev–Trinajstić information content (AvgIpc) is 3.17. The molecule has 0 spiro atoms. The number of carbonyl (C=O) groups excluding carboxylic acids is 1. The van der Waals surface area contributed by atoms with E-state index in [1.165, 1.54) is 12.1 Å². The van der Waals surface area contributed by atoms with Crippen LogP contribution in [0, 0.1) is 12.7 Å². The molecule has 4 heteroatoms. The number of rotatable bonds is 5. The number of amides is 1. The molecule has 1 aliphatic heterocycles. The Hall–Kier alpha value is -3.92. The van der Waals surface area contributed by atoms with E-state index in [2.05, 4.69) is 23.5 Å². The van der Waals surface area contributed by atoms with E-state index >= 15 is 0 Å². The molecule has 4 aromatic rings. The zero-order valence-electron chi connectivity index (χ0n) is 19.2. The Labute approximate surface area is 199 Å². The first-order valence-electron chi connectivity index (χ1n) is 11.5. The number of aryl methyl sites for hydroxylation is 1. The Morgan fingerprint density at radius 2 is 1.68 bits per heavy atom. The van der Waals surface area contributed by atoms with Gasteiger partial charge in [0, 0.05) is 11.5 Å². The molecular weight excluding hydrogens is 425 g/mol. The van der Waals surface area contributed by atoms with Gasteiger partial charge in [-0.25, -0.2) is 4.39 Å². The molecule has 5 rings (SSSR count). The van der Waals surface area contributed by atoms with Gasteiger partial charge in [-0.05, 0) is 60.4 Å². The number of ether oxygens (including phenoxy) is 1. The van der Waals surface area contributed by atoms with Crippen LogP contribution in [-0.4, -0.2) is 12.0 Å². The minimum absolute atomic E-state index is 0.0115. The third kappa shape index (κ3) is 4.44. The molecule has 34 heavy (non-hydrogen) atoms. The molecule has 2 atom stereocenters. The summed E-state index contributed by atoms with van der Waals surface area (Å²) >= 11 is 0. The van der Waals surface area contributed by atoms with Crippen molar-refractivity contribution in [2.75, 3.05) is 5.32 Å². The van der Waals surface area contributed by atoms with Crippen LogP contribution in [0.2, 0.25) is 0 Å². The molecule has 1 N–H and O–H groups in total. The number of hydrogen-bond acceptors (Lipinski definition) is 2. The van der Waals surface area contributed by atoms with E-state index in [0.717, 1.165) is 33.4 Å². The van der Waals surface area contributed by atoms with Gasteiger partial charge in [0.25, 0.3) is 0 Å². The van der Waals surface area contributed by atoms with E-state index in [4.69, 9.17) is 4.74 Å². The molecule has 0 radical (unpaired) electrons. The number of nitrogens with one attached hydrogen (secondary N) is 1. The summed E-state index contributed by atoms with van der Waals surface area (Å²) in [7, 11) is 0. The van der Waals surface area contributed by atoms with Crippen molar-refractivity contribution in [3.8, 4) is 16.9 Å². The van der Waals surface area contributed by atoms with Crippen molar-refractivity contribution in [3.63, 3.8) is 0 Å². The summed E-state index contributed by atoms with van der Waals surface area (Å²) in [5, 5.41) is 3.07. The van der Waals surface area contributed by atoms with Crippen LogP contribution >= 0.6 is 0 Å². The highest BCUT2D eigenvalue weighted by atomic mass is 19.1. The van der Waals surface area contributed by atoms with Crippen LogP contribution in [0.15, 0.2) is 91.0 Å². The number of benzene rings is 4. The van der Waals surface area contributed by atoms with Gasteiger partial charge < -0.3 is 10.1 Å². The van der Waals surface area contributed by atoms with Crippen molar-refractivity contribution in [2.45, 2.75) is 32.3 Å². The lowest BCUT2D eigenvalue weighted by molar-refractivity contribution is -0.115. The van der Waals surface area contributed by atoms with Crippen LogP contribution in [0.1, 0.15) is 35.1 Å². The van der Waals surface area contributed by atoms with E-state index in [1.54, 1.807) is 6.07 Å². The summed E-state index contributed by atoms with van der Waals surface area (Å²) in [6, 6.07) is 28.6. The first-order valence-corrected chi connectivity index (χ1v) is 11.5. The highest BCUT2D eigenvalue weighted by Crippen LogP contribution is 2.48. The molecule has 0 unspecified atom stereocenters. The molecule has 4 aromatic carbocycles. The SMILES string of the molecule is Cc1ccc(CC(=O)Nc2cc(-c3cccc(F)c3)cc3c2O[C@H](C)[C@H]3c2ccccc2)cc1. The van der Waals surface area contributed by atoms with Crippen molar-refractivity contribution in [2.24, 2.45) is 0 Å². The van der Waals surface area contributed by atoms with Gasteiger partial charge in [-0.15, -0.1) is 0 Å². The second-order valence-corrected chi connectivity index (χ2v) is 8.87. The number of fused-ring (bicyclic) bond motifs is 1. The lowest BCUT2D eigenvalue weighted by Crippen LogP contribution is -2.16. The highest BCUT2D eigenvalue weighted by molar-refractivity contribution is 5.95. The first kappa shape index (κ1) is 21.9. The molecule has 0 saturated carbocycles. The van der Waals surface area contributed by atoms with Gasteiger partial charge in [0.15, 0.2) is 0 Å². The predicted molar refractivity (Wildman–Crippen MR) is 134 cm³/mol. The maximum absolute atomic E-state index is 14.0. The maximum Gasteiger partial charge on any atom is 0.228 e. The second-order valence-electron chi connectivity index (χ2n) is 8.87. The first-order chi connectivity index (χ1) is 16.5. The van der Waals surface area contributed by atoms with Crippen LogP contribution in [0.5, 0.6) is 5.75 Å². The summed E-state index contributed by atoms with van der Waals surface area (Å²) in [5.41, 5.74) is 6.43. The molecule has 170 valence electrons. The molecule has 1 heterocycles. The minimum Gasteiger partial charge on any atom is -0.487 e. The van der Waals surface area contributed by atoms with Crippen molar-refractivity contribution < 1.29 is 13.9 Å². The molecule has 0 saturated heterocycles. The van der Waals surface area contributed by atoms with E-state index in [0.29, 0.717) is 11.4 Å². The Kier molecular flexibility index (Phi) is 5.89. The zero-order chi connectivity index (χ0) is 23.7. The summed E-state index contributed by atoms with van der Waals surface area (Å²) in [5.74, 6) is 0.269. The fourth-order valence-electron chi connectivity index (χ4n) is 4.64. The molecule has 0 aromatic heterocycles. The minimum atomic E-state index is -0.299. The number of halogens is 1. The van der Waals surface area contributed by atoms with Gasteiger partial charge in [0.2, 0.25) is 5.91 Å². The van der Waals surface area contributed by atoms with Gasteiger partial charge in [-0.1, -0.05) is 72.3 Å². The average molecular weight is 452 g/mol. The Morgan fingerprint density at radius 1 is 0.912 bits per heavy atom. The van der Waals surface area contributed by atoms with Crippen molar-refractivity contribution in [3.05, 3.63) is 119 Å². The maximum atomic E-state index is 14.0. The fourth-order valence-corrected chi connectivity index (χ4v) is 4.64. The number of anilines is 1. The summed E-state index contributed by atoms with van der Waals surface area (Å²) in [6.07, 6.45) is 0.157. The van der Waals surface area contributed by atoms with Crippen molar-refractivity contribution >= 4 is 11.6 Å². The molecule has 1 aliphatic rings. The Morgan fingerprint density at radius 3 is 2.41 bits per heavy atom. The van der Waals surface area contributed by atoms with Gasteiger partial charge in [-0.3, -0.25) is 4.79 Å². The molecule has 3 nitrogen and oxygen atoms in total. The van der Waals surface area contributed by atoms with Gasteiger partial charge in [0.05, 0.1) is 12.1 Å². The zero-order valence-corrected chi connectivity index (χ0v) is 19.2. The second kappa shape index (κ2) is 9.14. The predicted octanol–water partition coefficient (Wildman–Crippen LogP) is 6.90. The number of hydrogen-bond donors (Lipinski definition) is 1. The third-order valence-corrected chi connectivity index (χ3v) is 6.30. The number of carbonyl (C=O) groups is 1. The monoisotopic (exact) mass is 451 g/mol. The van der Waals surface area contributed by atoms with E-state index in [-0.39, 0.29) is 30.2 Å². The van der Waals surface area contributed by atoms with Gasteiger partial charge >= 0.3 is 0 Å². The van der Waals surface area contributed by atoms with E-state index < -0.39 is 0 Å². The van der Waals surface area contributed by atoms with E-state index in [1.807, 2.05) is 68.4 Å². The van der Waals surface area contributed by atoms with Crippen LogP contribution in [0.25, 0.3) is 11.1 Å². The molecule has 1 amide bonds. The van der Waals surface area contributed by atoms with Crippen molar-refractivity contribution in [1.82, 2.24) is 0 Å². The van der Waals surface area contributed by atoms with Crippen LogP contribution < -0.4 is 10.1 Å². The van der Waals surface area contributed by atoms with Crippen LogP contribution in [0.4, 0.5) is 10.1 Å². The lowest BCUT2D eigenvalue weighted by atomic mass is 9.87. The molecule has 0 aliphatic carbocycles. The summed E-state index contributed by atoms with van der Waals surface area (Å²) in [6.45, 7) is 4.06. The van der Waals surface area contributed by atoms with Crippen molar-refractivity contribution in [1.29, 1.82) is 0 Å². The molecule has 0 fully saturated rings.